The second-order valence-electron chi connectivity index (χ2n) is 6.87. The molecule has 2 aromatic rings. The molecular formula is C21H26ClNO2. The van der Waals surface area contributed by atoms with E-state index in [1.54, 1.807) is 12.1 Å². The van der Waals surface area contributed by atoms with Crippen molar-refractivity contribution in [3.05, 3.63) is 58.1 Å². The molecule has 0 radical (unpaired) electrons. The molecule has 0 spiro atoms. The van der Waals surface area contributed by atoms with Crippen LogP contribution < -0.4 is 10.1 Å². The topological polar surface area (TPSA) is 38.3 Å². The third-order valence-electron chi connectivity index (χ3n) is 4.14. The Labute approximate surface area is 155 Å². The van der Waals surface area contributed by atoms with Gasteiger partial charge in [-0.25, -0.2) is 0 Å². The van der Waals surface area contributed by atoms with Crippen LogP contribution in [0.25, 0.3) is 0 Å². The molecule has 2 aromatic carbocycles. The maximum absolute atomic E-state index is 12.4. The molecule has 25 heavy (non-hydrogen) atoms. The van der Waals surface area contributed by atoms with Crippen molar-refractivity contribution in [1.29, 1.82) is 0 Å². The number of carbonyl (C=O) groups is 1. The molecule has 0 aliphatic heterocycles. The summed E-state index contributed by atoms with van der Waals surface area (Å²) in [4.78, 5) is 12.4. The summed E-state index contributed by atoms with van der Waals surface area (Å²) in [5.74, 6) is 1.13. The molecule has 2 rings (SSSR count). The van der Waals surface area contributed by atoms with Gasteiger partial charge in [-0.05, 0) is 53.6 Å². The first-order valence-electron chi connectivity index (χ1n) is 8.61. The van der Waals surface area contributed by atoms with Crippen LogP contribution >= 0.6 is 11.6 Å². The van der Waals surface area contributed by atoms with Crippen LogP contribution in [0.15, 0.2) is 36.4 Å². The van der Waals surface area contributed by atoms with E-state index in [-0.39, 0.29) is 12.5 Å². The lowest BCUT2D eigenvalue weighted by Crippen LogP contribution is -2.22. The van der Waals surface area contributed by atoms with Gasteiger partial charge in [-0.1, -0.05) is 57.5 Å². The number of amides is 1. The van der Waals surface area contributed by atoms with Gasteiger partial charge in [-0.2, -0.15) is 0 Å². The van der Waals surface area contributed by atoms with Crippen LogP contribution in [-0.4, -0.2) is 12.5 Å². The normalized spacial score (nSPS) is 11.0. The standard InChI is InChI=1S/C21H26ClNO2/c1-13(2)17-7-6-8-18(14(3)4)21(17)23-20(24)12-25-16-9-10-19(22)15(5)11-16/h6-11,13-14H,12H2,1-5H3,(H,23,24). The van der Waals surface area contributed by atoms with Crippen molar-refractivity contribution in [1.82, 2.24) is 0 Å². The highest BCUT2D eigenvalue weighted by molar-refractivity contribution is 6.31. The molecule has 0 unspecified atom stereocenters. The van der Waals surface area contributed by atoms with Crippen molar-refractivity contribution < 1.29 is 9.53 Å². The number of aryl methyl sites for hydroxylation is 1. The minimum Gasteiger partial charge on any atom is -0.484 e. The summed E-state index contributed by atoms with van der Waals surface area (Å²) < 4.78 is 5.61. The van der Waals surface area contributed by atoms with Crippen molar-refractivity contribution in [2.75, 3.05) is 11.9 Å². The number of ether oxygens (including phenoxy) is 1. The minimum absolute atomic E-state index is 0.0367. The number of hydrogen-bond acceptors (Lipinski definition) is 2. The van der Waals surface area contributed by atoms with Crippen molar-refractivity contribution >= 4 is 23.2 Å². The number of rotatable bonds is 6. The van der Waals surface area contributed by atoms with Crippen molar-refractivity contribution in [2.45, 2.75) is 46.5 Å². The summed E-state index contributed by atoms with van der Waals surface area (Å²) in [6, 6.07) is 11.6. The number of anilines is 1. The second-order valence-corrected chi connectivity index (χ2v) is 7.28. The van der Waals surface area contributed by atoms with Gasteiger partial charge in [0.2, 0.25) is 0 Å². The molecule has 0 aromatic heterocycles. The Balaban J connectivity index is 2.13. The molecule has 1 amide bonds. The van der Waals surface area contributed by atoms with Gasteiger partial charge < -0.3 is 10.1 Å². The van der Waals surface area contributed by atoms with Crippen molar-refractivity contribution in [3.63, 3.8) is 0 Å². The Hall–Kier alpha value is -2.00. The zero-order chi connectivity index (χ0) is 18.6. The number of hydrogen-bond donors (Lipinski definition) is 1. The molecule has 3 nitrogen and oxygen atoms in total. The van der Waals surface area contributed by atoms with Gasteiger partial charge in [0.15, 0.2) is 6.61 Å². The minimum atomic E-state index is -0.164. The molecule has 0 atom stereocenters. The Morgan fingerprint density at radius 3 is 2.20 bits per heavy atom. The third-order valence-corrected chi connectivity index (χ3v) is 4.56. The van der Waals surface area contributed by atoms with Crippen LogP contribution in [-0.2, 0) is 4.79 Å². The van der Waals surface area contributed by atoms with E-state index < -0.39 is 0 Å². The van der Waals surface area contributed by atoms with Gasteiger partial charge in [0, 0.05) is 10.7 Å². The maximum atomic E-state index is 12.4. The van der Waals surface area contributed by atoms with Gasteiger partial charge in [-0.3, -0.25) is 4.79 Å². The first kappa shape index (κ1) is 19.3. The van der Waals surface area contributed by atoms with Crippen LogP contribution in [0.3, 0.4) is 0 Å². The van der Waals surface area contributed by atoms with Gasteiger partial charge in [0.05, 0.1) is 0 Å². The van der Waals surface area contributed by atoms with E-state index in [0.29, 0.717) is 22.6 Å². The van der Waals surface area contributed by atoms with Gasteiger partial charge in [-0.15, -0.1) is 0 Å². The molecule has 0 bridgehead atoms. The molecule has 0 heterocycles. The smallest absolute Gasteiger partial charge is 0.262 e. The first-order chi connectivity index (χ1) is 11.8. The van der Waals surface area contributed by atoms with Gasteiger partial charge in [0.25, 0.3) is 5.91 Å². The summed E-state index contributed by atoms with van der Waals surface area (Å²) >= 11 is 6.01. The maximum Gasteiger partial charge on any atom is 0.262 e. The quantitative estimate of drug-likeness (QED) is 0.695. The fraction of sp³-hybridized carbons (Fsp3) is 0.381. The fourth-order valence-electron chi connectivity index (χ4n) is 2.73. The molecule has 0 fully saturated rings. The molecule has 134 valence electrons. The highest BCUT2D eigenvalue weighted by atomic mass is 35.5. The third kappa shape index (κ3) is 4.99. The summed E-state index contributed by atoms with van der Waals surface area (Å²) in [5.41, 5.74) is 4.11. The van der Waals surface area contributed by atoms with E-state index in [1.165, 1.54) is 0 Å². The van der Waals surface area contributed by atoms with E-state index in [9.17, 15) is 4.79 Å². The average molecular weight is 360 g/mol. The largest absolute Gasteiger partial charge is 0.484 e. The van der Waals surface area contributed by atoms with Crippen LogP contribution in [0, 0.1) is 6.92 Å². The summed E-state index contributed by atoms with van der Waals surface area (Å²) in [5, 5.41) is 3.73. The van der Waals surface area contributed by atoms with Gasteiger partial charge >= 0.3 is 0 Å². The van der Waals surface area contributed by atoms with Crippen molar-refractivity contribution in [2.24, 2.45) is 0 Å². The predicted octanol–water partition coefficient (Wildman–Crippen LogP) is 5.91. The molecule has 1 N–H and O–H groups in total. The lowest BCUT2D eigenvalue weighted by molar-refractivity contribution is -0.118. The highest BCUT2D eigenvalue weighted by Crippen LogP contribution is 2.32. The highest BCUT2D eigenvalue weighted by Gasteiger charge is 2.16. The number of nitrogens with one attached hydrogen (secondary N) is 1. The Morgan fingerprint density at radius 1 is 1.08 bits per heavy atom. The lowest BCUT2D eigenvalue weighted by Gasteiger charge is -2.20. The van der Waals surface area contributed by atoms with Crippen LogP contribution in [0.2, 0.25) is 5.02 Å². The Kier molecular flexibility index (Phi) is 6.49. The number of benzene rings is 2. The molecule has 0 saturated carbocycles. The average Bonchev–Trinajstić information content (AvgIpc) is 2.55. The molecule has 4 heteroatoms. The number of halogens is 1. The monoisotopic (exact) mass is 359 g/mol. The predicted molar refractivity (Wildman–Crippen MR) is 105 cm³/mol. The Bertz CT molecular complexity index is 727. The van der Waals surface area contributed by atoms with E-state index in [1.807, 2.05) is 19.1 Å². The number of para-hydroxylation sites is 1. The van der Waals surface area contributed by atoms with Crippen molar-refractivity contribution in [3.8, 4) is 5.75 Å². The van der Waals surface area contributed by atoms with Crippen LogP contribution in [0.4, 0.5) is 5.69 Å². The first-order valence-corrected chi connectivity index (χ1v) is 8.99. The number of carbonyl (C=O) groups excluding carboxylic acids is 1. The summed E-state index contributed by atoms with van der Waals surface area (Å²) in [7, 11) is 0. The molecule has 0 aliphatic rings. The van der Waals surface area contributed by atoms with Crippen LogP contribution in [0.5, 0.6) is 5.75 Å². The zero-order valence-electron chi connectivity index (χ0n) is 15.5. The summed E-state index contributed by atoms with van der Waals surface area (Å²) in [6.07, 6.45) is 0. The summed E-state index contributed by atoms with van der Waals surface area (Å²) in [6.45, 7) is 10.4. The second kappa shape index (κ2) is 8.39. The van der Waals surface area contributed by atoms with Crippen LogP contribution in [0.1, 0.15) is 56.2 Å². The molecule has 0 saturated heterocycles. The fourth-order valence-corrected chi connectivity index (χ4v) is 2.84. The zero-order valence-corrected chi connectivity index (χ0v) is 16.3. The van der Waals surface area contributed by atoms with E-state index >= 15 is 0 Å². The molecule has 0 aliphatic carbocycles. The molecular weight excluding hydrogens is 334 g/mol. The SMILES string of the molecule is Cc1cc(OCC(=O)Nc2c(C(C)C)cccc2C(C)C)ccc1Cl. The van der Waals surface area contributed by atoms with E-state index in [0.717, 1.165) is 22.4 Å². The van der Waals surface area contributed by atoms with E-state index in [4.69, 9.17) is 16.3 Å². The van der Waals surface area contributed by atoms with Gasteiger partial charge in [0.1, 0.15) is 5.75 Å². The lowest BCUT2D eigenvalue weighted by atomic mass is 9.92. The Morgan fingerprint density at radius 2 is 1.68 bits per heavy atom. The van der Waals surface area contributed by atoms with E-state index in [2.05, 4.69) is 45.1 Å².